The van der Waals surface area contributed by atoms with Gasteiger partial charge in [0.2, 0.25) is 5.88 Å². The zero-order valence-electron chi connectivity index (χ0n) is 14.8. The molecule has 3 rings (SSSR count). The van der Waals surface area contributed by atoms with Gasteiger partial charge in [-0.2, -0.15) is 4.52 Å². The normalized spacial score (nSPS) is 14.4. The van der Waals surface area contributed by atoms with Crippen molar-refractivity contribution < 1.29 is 9.90 Å². The number of nitrogens with zero attached hydrogens (tertiary/aromatic N) is 3. The molecule has 138 valence electrons. The molecule has 0 radical (unpaired) electrons. The van der Waals surface area contributed by atoms with Crippen LogP contribution in [0.15, 0.2) is 4.79 Å². The number of amides is 1. The van der Waals surface area contributed by atoms with Gasteiger partial charge in [-0.1, -0.05) is 20.8 Å². The number of rotatable bonds is 3. The van der Waals surface area contributed by atoms with E-state index >= 15 is 0 Å². The van der Waals surface area contributed by atoms with E-state index in [1.807, 2.05) is 20.8 Å². The molecule has 4 N–H and O–H groups in total. The third kappa shape index (κ3) is 3.44. The summed E-state index contributed by atoms with van der Waals surface area (Å²) in [5.74, 6) is -0.832. The molecule has 0 aliphatic heterocycles. The topological polar surface area (TPSA) is 115 Å². The number of aromatic hydroxyl groups is 1. The third-order valence-corrected chi connectivity index (χ3v) is 4.04. The monoisotopic (exact) mass is 369 g/mol. The minimum absolute atomic E-state index is 0. The lowest BCUT2D eigenvalue weighted by Gasteiger charge is -2.22. The Hall–Kier alpha value is -2.22. The first-order chi connectivity index (χ1) is 11.1. The standard InChI is InChI=1S/C16H23N5O3.ClH/c1-8-11(17)19-21-13(8)20(7-16(2,3)4)14(23)10(15(21)24)12(22)18-9-5-6-9;/h9,24H,5-7H2,1-4H3,(H2,17,19)(H,18,22);1H. The Kier molecular flexibility index (Phi) is 4.78. The average Bonchev–Trinajstić information content (AvgIpc) is 3.20. The van der Waals surface area contributed by atoms with Gasteiger partial charge in [0.15, 0.2) is 11.4 Å². The first kappa shape index (κ1) is 19.1. The summed E-state index contributed by atoms with van der Waals surface area (Å²) in [6, 6.07) is 0.0764. The minimum Gasteiger partial charge on any atom is -0.492 e. The molecule has 8 nitrogen and oxygen atoms in total. The molecular formula is C16H24ClN5O3. The Labute approximate surface area is 151 Å². The zero-order valence-corrected chi connectivity index (χ0v) is 15.6. The van der Waals surface area contributed by atoms with Gasteiger partial charge in [-0.05, 0) is 25.2 Å². The van der Waals surface area contributed by atoms with Crippen molar-refractivity contribution in [3.8, 4) is 5.88 Å². The number of nitrogens with two attached hydrogens (primary N) is 1. The van der Waals surface area contributed by atoms with E-state index in [-0.39, 0.29) is 35.2 Å². The average molecular weight is 370 g/mol. The molecule has 9 heteroatoms. The van der Waals surface area contributed by atoms with Crippen LogP contribution in [-0.4, -0.2) is 31.2 Å². The number of carbonyl (C=O) groups is 1. The lowest BCUT2D eigenvalue weighted by molar-refractivity contribution is 0.0944. The molecule has 1 saturated carbocycles. The second kappa shape index (κ2) is 6.25. The molecule has 1 fully saturated rings. The van der Waals surface area contributed by atoms with Crippen LogP contribution in [0.1, 0.15) is 49.5 Å². The molecule has 1 aliphatic rings. The lowest BCUT2D eigenvalue weighted by Crippen LogP contribution is -2.37. The number of carbonyl (C=O) groups excluding carboxylic acids is 1. The van der Waals surface area contributed by atoms with Gasteiger partial charge in [-0.3, -0.25) is 14.2 Å². The maximum Gasteiger partial charge on any atom is 0.270 e. The second-order valence-corrected chi connectivity index (χ2v) is 7.64. The van der Waals surface area contributed by atoms with Crippen molar-refractivity contribution in [2.24, 2.45) is 5.41 Å². The summed E-state index contributed by atoms with van der Waals surface area (Å²) in [5.41, 5.74) is 5.84. The summed E-state index contributed by atoms with van der Waals surface area (Å²) >= 11 is 0. The fourth-order valence-electron chi connectivity index (χ4n) is 2.71. The molecular weight excluding hydrogens is 346 g/mol. The largest absolute Gasteiger partial charge is 0.492 e. The summed E-state index contributed by atoms with van der Waals surface area (Å²) in [4.78, 5) is 25.4. The van der Waals surface area contributed by atoms with E-state index in [0.717, 1.165) is 12.8 Å². The minimum atomic E-state index is -0.573. The van der Waals surface area contributed by atoms with Crippen molar-refractivity contribution in [2.75, 3.05) is 5.73 Å². The van der Waals surface area contributed by atoms with E-state index < -0.39 is 17.3 Å². The molecule has 0 atom stereocenters. The van der Waals surface area contributed by atoms with Gasteiger partial charge in [-0.15, -0.1) is 17.5 Å². The highest BCUT2D eigenvalue weighted by atomic mass is 35.5. The number of anilines is 1. The maximum atomic E-state index is 12.9. The molecule has 1 aliphatic carbocycles. The summed E-state index contributed by atoms with van der Waals surface area (Å²) in [7, 11) is 0. The van der Waals surface area contributed by atoms with E-state index in [0.29, 0.717) is 17.8 Å². The molecule has 2 aromatic heterocycles. The van der Waals surface area contributed by atoms with Gasteiger partial charge >= 0.3 is 0 Å². The molecule has 2 aromatic rings. The molecule has 0 bridgehead atoms. The van der Waals surface area contributed by atoms with E-state index in [9.17, 15) is 14.7 Å². The highest BCUT2D eigenvalue weighted by molar-refractivity contribution is 5.96. The van der Waals surface area contributed by atoms with E-state index in [1.165, 1.54) is 9.08 Å². The van der Waals surface area contributed by atoms with Crippen molar-refractivity contribution in [3.05, 3.63) is 21.5 Å². The Morgan fingerprint density at radius 2 is 2.00 bits per heavy atom. The van der Waals surface area contributed by atoms with Gasteiger partial charge in [-0.25, -0.2) is 0 Å². The first-order valence-corrected chi connectivity index (χ1v) is 8.01. The number of nitrogens with one attached hydrogen (secondary N) is 1. The fraction of sp³-hybridized carbons (Fsp3) is 0.562. The maximum absolute atomic E-state index is 12.9. The van der Waals surface area contributed by atoms with Crippen LogP contribution in [-0.2, 0) is 6.54 Å². The number of nitrogen functional groups attached to an aromatic ring is 1. The zero-order chi connectivity index (χ0) is 17.8. The van der Waals surface area contributed by atoms with Gasteiger partial charge in [0, 0.05) is 18.2 Å². The summed E-state index contributed by atoms with van der Waals surface area (Å²) in [6.45, 7) is 8.07. The fourth-order valence-corrected chi connectivity index (χ4v) is 2.71. The highest BCUT2D eigenvalue weighted by Crippen LogP contribution is 2.26. The molecule has 0 unspecified atom stereocenters. The van der Waals surface area contributed by atoms with Crippen LogP contribution in [0.2, 0.25) is 0 Å². The van der Waals surface area contributed by atoms with Crippen molar-refractivity contribution in [1.82, 2.24) is 19.5 Å². The van der Waals surface area contributed by atoms with E-state index in [1.54, 1.807) is 6.92 Å². The van der Waals surface area contributed by atoms with E-state index in [4.69, 9.17) is 5.73 Å². The second-order valence-electron chi connectivity index (χ2n) is 7.64. The molecule has 1 amide bonds. The quantitative estimate of drug-likeness (QED) is 0.757. The predicted molar refractivity (Wildman–Crippen MR) is 97.5 cm³/mol. The summed E-state index contributed by atoms with van der Waals surface area (Å²) < 4.78 is 2.65. The SMILES string of the molecule is Cc1c(N)nn2c(O)c(C(=O)NC3CC3)c(=O)n(CC(C)(C)C)c12.Cl. The number of halogens is 1. The molecule has 2 heterocycles. The van der Waals surface area contributed by atoms with Crippen molar-refractivity contribution in [2.45, 2.75) is 53.1 Å². The Morgan fingerprint density at radius 1 is 1.40 bits per heavy atom. The van der Waals surface area contributed by atoms with Gasteiger partial charge < -0.3 is 16.2 Å². The van der Waals surface area contributed by atoms with Crippen LogP contribution in [0.3, 0.4) is 0 Å². The summed E-state index contributed by atoms with van der Waals surface area (Å²) in [6.07, 6.45) is 1.78. The molecule has 0 aromatic carbocycles. The first-order valence-electron chi connectivity index (χ1n) is 8.01. The molecule has 0 spiro atoms. The number of hydrogen-bond donors (Lipinski definition) is 3. The van der Waals surface area contributed by atoms with Crippen LogP contribution in [0.25, 0.3) is 5.65 Å². The Morgan fingerprint density at radius 3 is 2.52 bits per heavy atom. The van der Waals surface area contributed by atoms with E-state index in [2.05, 4.69) is 10.4 Å². The van der Waals surface area contributed by atoms with Crippen LogP contribution in [0, 0.1) is 12.3 Å². The van der Waals surface area contributed by atoms with Gasteiger partial charge in [0.05, 0.1) is 0 Å². The summed E-state index contributed by atoms with van der Waals surface area (Å²) in [5, 5.41) is 17.3. The van der Waals surface area contributed by atoms with Crippen LogP contribution < -0.4 is 16.6 Å². The van der Waals surface area contributed by atoms with Crippen molar-refractivity contribution in [1.29, 1.82) is 0 Å². The van der Waals surface area contributed by atoms with Crippen LogP contribution >= 0.6 is 12.4 Å². The molecule has 0 saturated heterocycles. The highest BCUT2D eigenvalue weighted by Gasteiger charge is 2.30. The number of aryl methyl sites for hydroxylation is 1. The van der Waals surface area contributed by atoms with Crippen molar-refractivity contribution in [3.63, 3.8) is 0 Å². The van der Waals surface area contributed by atoms with Gasteiger partial charge in [0.1, 0.15) is 5.65 Å². The lowest BCUT2D eigenvalue weighted by atomic mass is 9.96. The van der Waals surface area contributed by atoms with Crippen LogP contribution in [0.4, 0.5) is 5.82 Å². The number of aromatic nitrogens is 3. The molecule has 25 heavy (non-hydrogen) atoms. The Bertz CT molecular complexity index is 890. The number of hydrogen-bond acceptors (Lipinski definition) is 5. The predicted octanol–water partition coefficient (Wildman–Crippen LogP) is 1.45. The van der Waals surface area contributed by atoms with Crippen LogP contribution in [0.5, 0.6) is 5.88 Å². The van der Waals surface area contributed by atoms with Crippen molar-refractivity contribution >= 4 is 29.8 Å². The third-order valence-electron chi connectivity index (χ3n) is 4.04. The number of fused-ring (bicyclic) bond motifs is 1. The smallest absolute Gasteiger partial charge is 0.270 e. The Balaban J connectivity index is 0.00000225. The van der Waals surface area contributed by atoms with Gasteiger partial charge in [0.25, 0.3) is 11.5 Å².